The Balaban J connectivity index is 2.15. The van der Waals surface area contributed by atoms with Crippen molar-refractivity contribution in [2.45, 2.75) is 30.4 Å². The molecule has 1 aromatic carbocycles. The van der Waals surface area contributed by atoms with E-state index in [4.69, 9.17) is 9.29 Å². The first-order valence-corrected chi connectivity index (χ1v) is 8.23. The number of esters is 1. The van der Waals surface area contributed by atoms with Crippen molar-refractivity contribution in [3.8, 4) is 0 Å². The highest BCUT2D eigenvalue weighted by Crippen LogP contribution is 2.25. The highest BCUT2D eigenvalue weighted by Gasteiger charge is 2.42. The highest BCUT2D eigenvalue weighted by molar-refractivity contribution is 7.86. The highest BCUT2D eigenvalue weighted by atomic mass is 32.2. The molecule has 2 atom stereocenters. The SMILES string of the molecule is COC(=O)[C@H]1C[C@@H](OS(=O)(=O)c2ccc(C)cc2)CN1C(=O)O. The summed E-state index contributed by atoms with van der Waals surface area (Å²) in [6.45, 7) is 1.60. The standard InChI is InChI=1S/C14H17NO7S/c1-9-3-5-11(6-4-9)23(19,20)22-10-7-12(13(16)21-2)15(8-10)14(17)18/h3-6,10,12H,7-8H2,1-2H3,(H,17,18)/t10-,12-/m1/s1. The van der Waals surface area contributed by atoms with Crippen LogP contribution in [0.2, 0.25) is 0 Å². The summed E-state index contributed by atoms with van der Waals surface area (Å²) in [7, 11) is -2.90. The number of carbonyl (C=O) groups is 2. The first-order chi connectivity index (χ1) is 10.7. The molecule has 0 saturated carbocycles. The van der Waals surface area contributed by atoms with Gasteiger partial charge in [-0.25, -0.2) is 9.59 Å². The van der Waals surface area contributed by atoms with Gasteiger partial charge in [-0.05, 0) is 19.1 Å². The number of nitrogens with zero attached hydrogens (tertiary/aromatic N) is 1. The van der Waals surface area contributed by atoms with Gasteiger partial charge in [-0.2, -0.15) is 8.42 Å². The van der Waals surface area contributed by atoms with Crippen LogP contribution >= 0.6 is 0 Å². The lowest BCUT2D eigenvalue weighted by atomic mass is 10.2. The van der Waals surface area contributed by atoms with E-state index >= 15 is 0 Å². The van der Waals surface area contributed by atoms with Gasteiger partial charge in [0.1, 0.15) is 6.04 Å². The summed E-state index contributed by atoms with van der Waals surface area (Å²) in [6.07, 6.45) is -2.36. The quantitative estimate of drug-likeness (QED) is 0.641. The molecule has 126 valence electrons. The summed E-state index contributed by atoms with van der Waals surface area (Å²) in [5.41, 5.74) is 0.896. The predicted molar refractivity (Wildman–Crippen MR) is 78.4 cm³/mol. The van der Waals surface area contributed by atoms with Crippen LogP contribution in [0, 0.1) is 6.92 Å². The van der Waals surface area contributed by atoms with Gasteiger partial charge in [0.05, 0.1) is 24.7 Å². The summed E-state index contributed by atoms with van der Waals surface area (Å²) in [6, 6.07) is 5.01. The van der Waals surface area contributed by atoms with Crippen LogP contribution in [0.3, 0.4) is 0 Å². The minimum Gasteiger partial charge on any atom is -0.467 e. The molecule has 1 N–H and O–H groups in total. The van der Waals surface area contributed by atoms with Crippen molar-refractivity contribution >= 4 is 22.2 Å². The number of aryl methyl sites for hydroxylation is 1. The number of methoxy groups -OCH3 is 1. The van der Waals surface area contributed by atoms with Crippen LogP contribution in [-0.2, 0) is 23.8 Å². The van der Waals surface area contributed by atoms with E-state index in [1.165, 1.54) is 12.1 Å². The topological polar surface area (TPSA) is 110 Å². The van der Waals surface area contributed by atoms with Gasteiger partial charge in [0, 0.05) is 6.42 Å². The Labute approximate surface area is 133 Å². The molecule has 1 aliphatic rings. The van der Waals surface area contributed by atoms with Crippen molar-refractivity contribution in [2.24, 2.45) is 0 Å². The van der Waals surface area contributed by atoms with Crippen molar-refractivity contribution in [1.29, 1.82) is 0 Å². The molecule has 23 heavy (non-hydrogen) atoms. The zero-order valence-corrected chi connectivity index (χ0v) is 13.4. The number of benzene rings is 1. The molecule has 0 bridgehead atoms. The minimum absolute atomic E-state index is 0.0218. The third kappa shape index (κ3) is 3.80. The van der Waals surface area contributed by atoms with E-state index < -0.39 is 34.3 Å². The summed E-state index contributed by atoms with van der Waals surface area (Å²) >= 11 is 0. The van der Waals surface area contributed by atoms with Crippen LogP contribution in [-0.4, -0.2) is 56.3 Å². The maximum Gasteiger partial charge on any atom is 0.408 e. The maximum absolute atomic E-state index is 12.2. The van der Waals surface area contributed by atoms with E-state index in [-0.39, 0.29) is 17.9 Å². The van der Waals surface area contributed by atoms with E-state index in [2.05, 4.69) is 4.74 Å². The average molecular weight is 343 g/mol. The van der Waals surface area contributed by atoms with Crippen LogP contribution in [0.5, 0.6) is 0 Å². The van der Waals surface area contributed by atoms with Crippen molar-refractivity contribution in [3.63, 3.8) is 0 Å². The fourth-order valence-electron chi connectivity index (χ4n) is 2.38. The largest absolute Gasteiger partial charge is 0.467 e. The van der Waals surface area contributed by atoms with E-state index in [0.29, 0.717) is 0 Å². The molecule has 1 aromatic rings. The molecule has 0 aromatic heterocycles. The van der Waals surface area contributed by atoms with E-state index in [1.54, 1.807) is 12.1 Å². The second kappa shape index (κ2) is 6.55. The Morgan fingerprint density at radius 1 is 1.26 bits per heavy atom. The predicted octanol–water partition coefficient (Wildman–Crippen LogP) is 0.994. The fourth-order valence-corrected chi connectivity index (χ4v) is 3.46. The van der Waals surface area contributed by atoms with Gasteiger partial charge in [0.2, 0.25) is 0 Å². The first-order valence-electron chi connectivity index (χ1n) is 6.82. The molecular weight excluding hydrogens is 326 g/mol. The van der Waals surface area contributed by atoms with Crippen molar-refractivity contribution in [2.75, 3.05) is 13.7 Å². The molecule has 1 aliphatic heterocycles. The zero-order valence-electron chi connectivity index (χ0n) is 12.6. The number of hydrogen-bond acceptors (Lipinski definition) is 6. The van der Waals surface area contributed by atoms with Crippen LogP contribution < -0.4 is 0 Å². The van der Waals surface area contributed by atoms with Crippen molar-refractivity contribution in [1.82, 2.24) is 4.90 Å². The molecule has 0 unspecified atom stereocenters. The lowest BCUT2D eigenvalue weighted by Gasteiger charge is -2.18. The van der Waals surface area contributed by atoms with Gasteiger partial charge in [-0.1, -0.05) is 17.7 Å². The molecule has 1 heterocycles. The third-order valence-electron chi connectivity index (χ3n) is 3.55. The Morgan fingerprint density at radius 3 is 2.39 bits per heavy atom. The van der Waals surface area contributed by atoms with Crippen molar-refractivity contribution in [3.05, 3.63) is 29.8 Å². The number of likely N-dealkylation sites (tertiary alicyclic amines) is 1. The van der Waals surface area contributed by atoms with Gasteiger partial charge in [0.15, 0.2) is 0 Å². The molecule has 0 aliphatic carbocycles. The third-order valence-corrected chi connectivity index (χ3v) is 4.93. The lowest BCUT2D eigenvalue weighted by Crippen LogP contribution is -2.40. The summed E-state index contributed by atoms with van der Waals surface area (Å²) in [5, 5.41) is 9.10. The van der Waals surface area contributed by atoms with E-state index in [1.807, 2.05) is 6.92 Å². The van der Waals surface area contributed by atoms with Gasteiger partial charge in [-0.3, -0.25) is 9.08 Å². The summed E-state index contributed by atoms with van der Waals surface area (Å²) < 4.78 is 34.1. The molecule has 1 fully saturated rings. The Bertz CT molecular complexity index is 698. The fraction of sp³-hybridized carbons (Fsp3) is 0.429. The molecular formula is C14H17NO7S. The maximum atomic E-state index is 12.2. The van der Waals surface area contributed by atoms with Gasteiger partial charge < -0.3 is 9.84 Å². The number of hydrogen-bond donors (Lipinski definition) is 1. The summed E-state index contributed by atoms with van der Waals surface area (Å²) in [5.74, 6) is -0.744. The zero-order chi connectivity index (χ0) is 17.2. The molecule has 8 nitrogen and oxygen atoms in total. The van der Waals surface area contributed by atoms with Gasteiger partial charge in [-0.15, -0.1) is 0 Å². The Kier molecular flexibility index (Phi) is 4.90. The number of carbonyl (C=O) groups excluding carboxylic acids is 1. The first kappa shape index (κ1) is 17.2. The lowest BCUT2D eigenvalue weighted by molar-refractivity contribution is -0.145. The van der Waals surface area contributed by atoms with Crippen LogP contribution in [0.1, 0.15) is 12.0 Å². The number of ether oxygens (including phenoxy) is 1. The summed E-state index contributed by atoms with van der Waals surface area (Å²) in [4.78, 5) is 23.6. The molecule has 2 rings (SSSR count). The van der Waals surface area contributed by atoms with Crippen LogP contribution in [0.4, 0.5) is 4.79 Å². The molecule has 0 radical (unpaired) electrons. The molecule has 0 spiro atoms. The second-order valence-corrected chi connectivity index (χ2v) is 6.77. The number of rotatable bonds is 4. The van der Waals surface area contributed by atoms with Crippen LogP contribution in [0.25, 0.3) is 0 Å². The van der Waals surface area contributed by atoms with Crippen LogP contribution in [0.15, 0.2) is 29.2 Å². The monoisotopic (exact) mass is 343 g/mol. The second-order valence-electron chi connectivity index (χ2n) is 5.20. The number of carboxylic acid groups (broad SMARTS) is 1. The van der Waals surface area contributed by atoms with Gasteiger partial charge >= 0.3 is 12.1 Å². The van der Waals surface area contributed by atoms with E-state index in [0.717, 1.165) is 17.6 Å². The van der Waals surface area contributed by atoms with Crippen molar-refractivity contribution < 1.29 is 32.0 Å². The van der Waals surface area contributed by atoms with Gasteiger partial charge in [0.25, 0.3) is 10.1 Å². The smallest absolute Gasteiger partial charge is 0.408 e. The Hall–Kier alpha value is -2.13. The van der Waals surface area contributed by atoms with E-state index in [9.17, 15) is 18.0 Å². The Morgan fingerprint density at radius 2 is 1.87 bits per heavy atom. The molecule has 1 saturated heterocycles. The normalized spacial score (nSPS) is 21.2. The molecule has 9 heteroatoms. The average Bonchev–Trinajstić information content (AvgIpc) is 2.90. The minimum atomic E-state index is -4.04. The molecule has 1 amide bonds. The number of amides is 1.